The average molecular weight is 421 g/mol. The summed E-state index contributed by atoms with van der Waals surface area (Å²) in [5.41, 5.74) is 3.12. The lowest BCUT2D eigenvalue weighted by Gasteiger charge is -2.65. The van der Waals surface area contributed by atoms with Gasteiger partial charge in [0.1, 0.15) is 5.75 Å². The number of allylic oxidation sites excluding steroid dienone is 1. The molecular formula is C21H26O7P-. The van der Waals surface area contributed by atoms with Crippen LogP contribution in [0.4, 0.5) is 0 Å². The minimum atomic E-state index is -4.91. The van der Waals surface area contributed by atoms with Gasteiger partial charge in [-0.1, -0.05) is 29.7 Å². The molecular weight excluding hydrogens is 395 g/mol. The Morgan fingerprint density at radius 3 is 2.76 bits per heavy atom. The minimum Gasteiger partial charge on any atom is -0.746 e. The fourth-order valence-electron chi connectivity index (χ4n) is 6.22. The van der Waals surface area contributed by atoms with Crippen molar-refractivity contribution in [2.45, 2.75) is 62.8 Å². The maximum absolute atomic E-state index is 11.2. The number of phosphoric ester groups is 1. The van der Waals surface area contributed by atoms with E-state index in [1.165, 1.54) is 30.9 Å². The molecule has 8 heteroatoms. The third kappa shape index (κ3) is 2.87. The molecule has 1 aliphatic heterocycles. The number of ether oxygens (including phenoxy) is 1. The number of methoxy groups -OCH3 is 1. The largest absolute Gasteiger partial charge is 0.746 e. The van der Waals surface area contributed by atoms with E-state index in [0.717, 1.165) is 32.1 Å². The van der Waals surface area contributed by atoms with Gasteiger partial charge in [0.05, 0.1) is 0 Å². The van der Waals surface area contributed by atoms with Crippen LogP contribution >= 0.6 is 7.82 Å². The van der Waals surface area contributed by atoms with Gasteiger partial charge in [0.15, 0.2) is 5.60 Å². The second-order valence-corrected chi connectivity index (χ2v) is 9.71. The van der Waals surface area contributed by atoms with Crippen LogP contribution in [0.2, 0.25) is 0 Å². The Bertz CT molecular complexity index is 889. The zero-order valence-corrected chi connectivity index (χ0v) is 17.4. The van der Waals surface area contributed by atoms with E-state index in [9.17, 15) is 9.46 Å². The van der Waals surface area contributed by atoms with E-state index in [2.05, 4.69) is 0 Å². The summed E-state index contributed by atoms with van der Waals surface area (Å²) in [6, 6.07) is 6.52. The number of hydrogen-bond acceptors (Lipinski definition) is 6. The van der Waals surface area contributed by atoms with Gasteiger partial charge >= 0.3 is 7.82 Å². The molecule has 7 nitrogen and oxygen atoms in total. The van der Waals surface area contributed by atoms with E-state index < -0.39 is 19.2 Å². The monoisotopic (exact) mass is 421 g/mol. The number of benzene rings is 1. The highest BCUT2D eigenvalue weighted by Crippen LogP contribution is 2.66. The normalized spacial score (nSPS) is 38.2. The van der Waals surface area contributed by atoms with Crippen molar-refractivity contribution in [2.24, 2.45) is 11.8 Å². The lowest BCUT2D eigenvalue weighted by Crippen LogP contribution is -2.74. The van der Waals surface area contributed by atoms with E-state index >= 15 is 0 Å². The van der Waals surface area contributed by atoms with Gasteiger partial charge in [0.25, 0.3) is 5.79 Å². The van der Waals surface area contributed by atoms with Crippen LogP contribution in [-0.4, -0.2) is 17.6 Å². The first kappa shape index (κ1) is 19.7. The highest BCUT2D eigenvalue weighted by molar-refractivity contribution is 7.45. The molecule has 2 bridgehead atoms. The van der Waals surface area contributed by atoms with Crippen molar-refractivity contribution in [1.82, 2.24) is 0 Å². The Morgan fingerprint density at radius 1 is 1.21 bits per heavy atom. The predicted octanol–water partition coefficient (Wildman–Crippen LogP) is 3.72. The third-order valence-corrected chi connectivity index (χ3v) is 7.69. The lowest BCUT2D eigenvalue weighted by molar-refractivity contribution is -0.639. The molecule has 5 rings (SSSR count). The van der Waals surface area contributed by atoms with Crippen molar-refractivity contribution < 1.29 is 33.4 Å². The molecule has 1 aromatic carbocycles. The molecule has 0 aromatic heterocycles. The standard InChI is InChI=1S/C21H27O7P/c1-25-21(16-8-4-9-17(13-16)26-29(22,23)24)20(27-28-21)15-7-5-11-19(20)18-10-3-2-6-14(18)12-15/h4,8-9,13,15,19H,2-3,5-7,10-12H2,1H3,(H2,22,23,24)/p-1. The molecule has 5 unspecified atom stereocenters. The van der Waals surface area contributed by atoms with E-state index in [-0.39, 0.29) is 17.6 Å². The minimum absolute atomic E-state index is 0.0175. The number of phosphoric acid groups is 1. The molecule has 1 N–H and O–H groups in total. The average Bonchev–Trinajstić information content (AvgIpc) is 2.66. The summed E-state index contributed by atoms with van der Waals surface area (Å²) in [6.07, 6.45) is 8.98. The van der Waals surface area contributed by atoms with Crippen LogP contribution in [0.3, 0.4) is 0 Å². The summed E-state index contributed by atoms with van der Waals surface area (Å²) in [4.78, 5) is 32.0. The first-order valence-corrected chi connectivity index (χ1v) is 11.9. The Hall–Kier alpha value is -1.21. The summed E-state index contributed by atoms with van der Waals surface area (Å²) in [6.45, 7) is 0. The van der Waals surface area contributed by atoms with Crippen LogP contribution in [0.15, 0.2) is 35.4 Å². The SMILES string of the molecule is COC1(c2cccc(OP(=O)([O-])O)c2)OOC12C1CCCC2C2=C(CCCC2)C1. The van der Waals surface area contributed by atoms with Gasteiger partial charge in [-0.2, -0.15) is 4.89 Å². The molecule has 1 saturated carbocycles. The fraction of sp³-hybridized carbons (Fsp3) is 0.619. The Kier molecular flexibility index (Phi) is 4.70. The predicted molar refractivity (Wildman–Crippen MR) is 101 cm³/mol. The zero-order valence-electron chi connectivity index (χ0n) is 16.5. The summed E-state index contributed by atoms with van der Waals surface area (Å²) in [5, 5.41) is 0. The van der Waals surface area contributed by atoms with Crippen molar-refractivity contribution in [3.8, 4) is 5.75 Å². The lowest BCUT2D eigenvalue weighted by atomic mass is 9.53. The molecule has 158 valence electrons. The zero-order chi connectivity index (χ0) is 20.3. The second kappa shape index (κ2) is 6.91. The van der Waals surface area contributed by atoms with E-state index in [1.54, 1.807) is 24.8 Å². The molecule has 0 radical (unpaired) electrons. The third-order valence-electron chi connectivity index (χ3n) is 7.25. The molecule has 1 spiro atoms. The Morgan fingerprint density at radius 2 is 2.03 bits per heavy atom. The summed E-state index contributed by atoms with van der Waals surface area (Å²) in [7, 11) is -3.31. The van der Waals surface area contributed by atoms with Crippen molar-refractivity contribution in [3.63, 3.8) is 0 Å². The van der Waals surface area contributed by atoms with Gasteiger partial charge in [-0.3, -0.25) is 4.57 Å². The maximum atomic E-state index is 11.2. The highest BCUT2D eigenvalue weighted by atomic mass is 31.2. The van der Waals surface area contributed by atoms with Gasteiger partial charge < -0.3 is 19.0 Å². The van der Waals surface area contributed by atoms with Crippen molar-refractivity contribution >= 4 is 7.82 Å². The number of rotatable bonds is 4. The van der Waals surface area contributed by atoms with Crippen LogP contribution in [0, 0.1) is 11.8 Å². The molecule has 4 aliphatic rings. The number of fused-ring (bicyclic) bond motifs is 1. The fourth-order valence-corrected chi connectivity index (χ4v) is 6.60. The van der Waals surface area contributed by atoms with Crippen molar-refractivity contribution in [2.75, 3.05) is 7.11 Å². The molecule has 1 heterocycles. The molecule has 0 amide bonds. The van der Waals surface area contributed by atoms with Gasteiger partial charge in [-0.15, -0.1) is 0 Å². The molecule has 1 aromatic rings. The van der Waals surface area contributed by atoms with E-state index in [1.807, 2.05) is 6.07 Å². The highest BCUT2D eigenvalue weighted by Gasteiger charge is 2.75. The first-order chi connectivity index (χ1) is 13.9. The topological polar surface area (TPSA) is 97.3 Å². The van der Waals surface area contributed by atoms with Gasteiger partial charge in [0, 0.05) is 24.5 Å². The summed E-state index contributed by atoms with van der Waals surface area (Å²) < 4.78 is 21.9. The summed E-state index contributed by atoms with van der Waals surface area (Å²) in [5.74, 6) is -0.615. The number of hydrogen-bond donors (Lipinski definition) is 1. The second-order valence-electron chi connectivity index (χ2n) is 8.59. The Labute approximate surface area is 170 Å². The molecule has 2 fully saturated rings. The van der Waals surface area contributed by atoms with Crippen LogP contribution in [0.25, 0.3) is 0 Å². The smallest absolute Gasteiger partial charge is 0.317 e. The van der Waals surface area contributed by atoms with E-state index in [0.29, 0.717) is 5.56 Å². The molecule has 3 aliphatic carbocycles. The van der Waals surface area contributed by atoms with Crippen LogP contribution < -0.4 is 9.42 Å². The quantitative estimate of drug-likeness (QED) is 0.450. The molecule has 5 atom stereocenters. The molecule has 1 saturated heterocycles. The molecule has 29 heavy (non-hydrogen) atoms. The van der Waals surface area contributed by atoms with E-state index in [4.69, 9.17) is 23.9 Å². The first-order valence-electron chi connectivity index (χ1n) is 10.4. The van der Waals surface area contributed by atoms with Crippen molar-refractivity contribution in [3.05, 3.63) is 41.0 Å². The Balaban J connectivity index is 1.59. The van der Waals surface area contributed by atoms with Crippen molar-refractivity contribution in [1.29, 1.82) is 0 Å². The van der Waals surface area contributed by atoms with Gasteiger partial charge in [-0.25, -0.2) is 4.89 Å². The van der Waals surface area contributed by atoms with Crippen LogP contribution in [-0.2, 0) is 24.9 Å². The maximum Gasteiger partial charge on any atom is 0.317 e. The van der Waals surface area contributed by atoms with Crippen LogP contribution in [0.5, 0.6) is 5.75 Å². The van der Waals surface area contributed by atoms with Gasteiger partial charge in [-0.05, 0) is 57.1 Å². The van der Waals surface area contributed by atoms with Crippen LogP contribution in [0.1, 0.15) is 56.9 Å². The van der Waals surface area contributed by atoms with Gasteiger partial charge in [0.2, 0.25) is 0 Å². The summed E-state index contributed by atoms with van der Waals surface area (Å²) >= 11 is 0.